The molecular weight excluding hydrogens is 297 g/mol. The minimum atomic E-state index is -3.93. The van der Waals surface area contributed by atoms with Crippen LogP contribution < -0.4 is 4.72 Å². The Morgan fingerprint density at radius 1 is 1.14 bits per heavy atom. The minimum absolute atomic E-state index is 0.0861. The van der Waals surface area contributed by atoms with Crippen molar-refractivity contribution in [3.05, 3.63) is 59.4 Å². The monoisotopic (exact) mass is 309 g/mol. The summed E-state index contributed by atoms with van der Waals surface area (Å²) in [6, 6.07) is 8.61. The fraction of sp³-hybridized carbons (Fsp3) is 0.0714. The van der Waals surface area contributed by atoms with Crippen molar-refractivity contribution in [2.75, 3.05) is 4.72 Å². The van der Waals surface area contributed by atoms with Crippen LogP contribution in [0.5, 0.6) is 0 Å². The number of nitrogens with one attached hydrogen (secondary N) is 1. The molecule has 2 aromatic rings. The Morgan fingerprint density at radius 3 is 2.33 bits per heavy atom. The van der Waals surface area contributed by atoms with Crippen LogP contribution in [0.15, 0.2) is 47.4 Å². The van der Waals surface area contributed by atoms with Crippen molar-refractivity contribution in [1.29, 1.82) is 0 Å². The van der Waals surface area contributed by atoms with E-state index in [2.05, 4.69) is 4.72 Å². The summed E-state index contributed by atoms with van der Waals surface area (Å²) in [4.78, 5) is 10.9. The first-order valence-corrected chi connectivity index (χ1v) is 7.40. The van der Waals surface area contributed by atoms with Gasteiger partial charge in [-0.1, -0.05) is 6.07 Å². The molecule has 7 heteroatoms. The molecule has 2 N–H and O–H groups in total. The summed E-state index contributed by atoms with van der Waals surface area (Å²) < 4.78 is 39.4. The lowest BCUT2D eigenvalue weighted by molar-refractivity contribution is 0.0696. The van der Waals surface area contributed by atoms with Crippen molar-refractivity contribution in [3.8, 4) is 0 Å². The number of hydrogen-bond acceptors (Lipinski definition) is 3. The first-order valence-electron chi connectivity index (χ1n) is 5.92. The normalized spacial score (nSPS) is 11.1. The molecule has 0 aliphatic heterocycles. The second-order valence-corrected chi connectivity index (χ2v) is 6.08. The van der Waals surface area contributed by atoms with E-state index in [9.17, 15) is 17.6 Å². The van der Waals surface area contributed by atoms with E-state index in [1.165, 1.54) is 24.3 Å². The molecule has 0 aliphatic rings. The van der Waals surface area contributed by atoms with Crippen LogP contribution in [0.4, 0.5) is 10.1 Å². The van der Waals surface area contributed by atoms with Crippen LogP contribution in [-0.4, -0.2) is 19.5 Å². The molecule has 110 valence electrons. The maximum absolute atomic E-state index is 12.8. The van der Waals surface area contributed by atoms with Gasteiger partial charge in [-0.05, 0) is 48.9 Å². The van der Waals surface area contributed by atoms with Crippen LogP contribution in [0.25, 0.3) is 0 Å². The average Bonchev–Trinajstić information content (AvgIpc) is 2.41. The number of anilines is 1. The Labute approximate surface area is 121 Å². The lowest BCUT2D eigenvalue weighted by atomic mass is 10.1. The van der Waals surface area contributed by atoms with Crippen molar-refractivity contribution in [2.45, 2.75) is 11.8 Å². The third kappa shape index (κ3) is 3.38. The van der Waals surface area contributed by atoms with E-state index in [-0.39, 0.29) is 16.1 Å². The van der Waals surface area contributed by atoms with Gasteiger partial charge in [0.2, 0.25) is 0 Å². The van der Waals surface area contributed by atoms with Crippen LogP contribution in [0.2, 0.25) is 0 Å². The summed E-state index contributed by atoms with van der Waals surface area (Å²) in [5, 5.41) is 9.02. The molecule has 0 radical (unpaired) electrons. The van der Waals surface area contributed by atoms with Gasteiger partial charge in [-0.3, -0.25) is 4.72 Å². The molecule has 0 atom stereocenters. The van der Waals surface area contributed by atoms with Gasteiger partial charge in [0, 0.05) is 5.69 Å². The Bertz CT molecular complexity index is 785. The zero-order valence-corrected chi connectivity index (χ0v) is 11.8. The molecule has 0 bridgehead atoms. The predicted octanol–water partition coefficient (Wildman–Crippen LogP) is 2.63. The third-order valence-corrected chi connectivity index (χ3v) is 4.23. The van der Waals surface area contributed by atoms with Gasteiger partial charge in [0.1, 0.15) is 5.82 Å². The number of carboxylic acid groups (broad SMARTS) is 1. The average molecular weight is 309 g/mol. The van der Waals surface area contributed by atoms with Crippen molar-refractivity contribution in [2.24, 2.45) is 0 Å². The second kappa shape index (κ2) is 5.53. The van der Waals surface area contributed by atoms with E-state index in [0.29, 0.717) is 5.56 Å². The molecule has 0 aliphatic carbocycles. The second-order valence-electron chi connectivity index (χ2n) is 4.39. The van der Waals surface area contributed by atoms with Gasteiger partial charge in [0.15, 0.2) is 0 Å². The molecule has 0 heterocycles. The van der Waals surface area contributed by atoms with Gasteiger partial charge in [0.05, 0.1) is 10.5 Å². The van der Waals surface area contributed by atoms with E-state index in [1.54, 1.807) is 6.92 Å². The van der Waals surface area contributed by atoms with Crippen LogP contribution in [-0.2, 0) is 10.0 Å². The number of carboxylic acids is 1. The quantitative estimate of drug-likeness (QED) is 0.909. The van der Waals surface area contributed by atoms with Crippen LogP contribution >= 0.6 is 0 Å². The van der Waals surface area contributed by atoms with E-state index >= 15 is 0 Å². The van der Waals surface area contributed by atoms with Gasteiger partial charge in [-0.15, -0.1) is 0 Å². The molecule has 5 nitrogen and oxygen atoms in total. The van der Waals surface area contributed by atoms with E-state index < -0.39 is 21.8 Å². The highest BCUT2D eigenvalue weighted by Crippen LogP contribution is 2.19. The maximum Gasteiger partial charge on any atom is 0.335 e. The number of hydrogen-bond donors (Lipinski definition) is 2. The molecule has 0 saturated carbocycles. The Balaban J connectivity index is 2.38. The zero-order valence-electron chi connectivity index (χ0n) is 11.0. The van der Waals surface area contributed by atoms with Crippen molar-refractivity contribution >= 4 is 21.7 Å². The molecule has 0 unspecified atom stereocenters. The highest BCUT2D eigenvalue weighted by molar-refractivity contribution is 7.92. The number of rotatable bonds is 4. The van der Waals surface area contributed by atoms with Gasteiger partial charge < -0.3 is 5.11 Å². The fourth-order valence-electron chi connectivity index (χ4n) is 1.73. The zero-order chi connectivity index (χ0) is 15.6. The fourth-order valence-corrected chi connectivity index (χ4v) is 2.82. The summed E-state index contributed by atoms with van der Waals surface area (Å²) in [6.45, 7) is 1.58. The van der Waals surface area contributed by atoms with Crippen LogP contribution in [0.3, 0.4) is 0 Å². The number of halogens is 1. The number of aromatic carboxylic acids is 1. The van der Waals surface area contributed by atoms with Gasteiger partial charge in [-0.25, -0.2) is 17.6 Å². The first kappa shape index (κ1) is 15.0. The molecule has 2 aromatic carbocycles. The van der Waals surface area contributed by atoms with E-state index in [0.717, 1.165) is 18.2 Å². The van der Waals surface area contributed by atoms with Crippen LogP contribution in [0.1, 0.15) is 15.9 Å². The highest BCUT2D eigenvalue weighted by Gasteiger charge is 2.17. The SMILES string of the molecule is Cc1ccc(S(=O)(=O)Nc2ccc(F)cc2)cc1C(=O)O. The molecule has 0 saturated heterocycles. The first-order chi connectivity index (χ1) is 9.79. The van der Waals surface area contributed by atoms with Gasteiger partial charge in [-0.2, -0.15) is 0 Å². The van der Waals surface area contributed by atoms with Gasteiger partial charge in [0.25, 0.3) is 10.0 Å². The lowest BCUT2D eigenvalue weighted by Crippen LogP contribution is -2.14. The number of sulfonamides is 1. The summed E-state index contributed by atoms with van der Waals surface area (Å²) in [5.74, 6) is -1.69. The van der Waals surface area contributed by atoms with Gasteiger partial charge >= 0.3 is 5.97 Å². The minimum Gasteiger partial charge on any atom is -0.478 e. The summed E-state index contributed by atoms with van der Waals surface area (Å²) >= 11 is 0. The highest BCUT2D eigenvalue weighted by atomic mass is 32.2. The van der Waals surface area contributed by atoms with Crippen molar-refractivity contribution in [3.63, 3.8) is 0 Å². The standard InChI is InChI=1S/C14H12FNO4S/c1-9-2-7-12(8-13(9)14(17)18)21(19,20)16-11-5-3-10(15)4-6-11/h2-8,16H,1H3,(H,17,18). The molecule has 2 rings (SSSR count). The summed E-state index contributed by atoms with van der Waals surface area (Å²) in [7, 11) is -3.93. The van der Waals surface area contributed by atoms with E-state index in [4.69, 9.17) is 5.11 Å². The predicted molar refractivity (Wildman–Crippen MR) is 75.3 cm³/mol. The molecule has 0 aromatic heterocycles. The molecule has 21 heavy (non-hydrogen) atoms. The number of benzene rings is 2. The third-order valence-electron chi connectivity index (χ3n) is 2.85. The smallest absolute Gasteiger partial charge is 0.335 e. The maximum atomic E-state index is 12.8. The Morgan fingerprint density at radius 2 is 1.76 bits per heavy atom. The number of carbonyl (C=O) groups is 1. The molecule has 0 amide bonds. The largest absolute Gasteiger partial charge is 0.478 e. The van der Waals surface area contributed by atoms with Crippen molar-refractivity contribution in [1.82, 2.24) is 0 Å². The lowest BCUT2D eigenvalue weighted by Gasteiger charge is -2.09. The summed E-state index contributed by atoms with van der Waals surface area (Å²) in [5.41, 5.74) is 0.564. The molecule has 0 spiro atoms. The topological polar surface area (TPSA) is 83.5 Å². The van der Waals surface area contributed by atoms with Crippen LogP contribution in [0, 0.1) is 12.7 Å². The summed E-state index contributed by atoms with van der Waals surface area (Å²) in [6.07, 6.45) is 0. The number of aryl methyl sites for hydroxylation is 1. The molecular formula is C14H12FNO4S. The van der Waals surface area contributed by atoms with E-state index in [1.807, 2.05) is 0 Å². The molecule has 0 fully saturated rings. The Hall–Kier alpha value is -2.41. The Kier molecular flexibility index (Phi) is 3.95. The van der Waals surface area contributed by atoms with Crippen molar-refractivity contribution < 1.29 is 22.7 Å².